The molecule has 24 heavy (non-hydrogen) atoms. The van der Waals surface area contributed by atoms with Crippen molar-refractivity contribution >= 4 is 10.0 Å². The summed E-state index contributed by atoms with van der Waals surface area (Å²) in [5, 5.41) is 0. The number of piperidine rings is 1. The molecule has 0 aliphatic carbocycles. The average molecular weight is 353 g/mol. The third kappa shape index (κ3) is 3.96. The zero-order chi connectivity index (χ0) is 17.2. The molecule has 2 saturated heterocycles. The van der Waals surface area contributed by atoms with E-state index in [4.69, 9.17) is 4.74 Å². The number of ether oxygens (including phenoxy) is 1. The molecule has 1 aromatic rings. The van der Waals surface area contributed by atoms with Crippen molar-refractivity contribution in [2.45, 2.75) is 31.8 Å². The zero-order valence-electron chi connectivity index (χ0n) is 14.5. The van der Waals surface area contributed by atoms with Gasteiger partial charge in [-0.15, -0.1) is 0 Å². The quantitative estimate of drug-likeness (QED) is 0.799. The zero-order valence-corrected chi connectivity index (χ0v) is 15.3. The van der Waals surface area contributed by atoms with Crippen molar-refractivity contribution in [3.05, 3.63) is 30.1 Å². The Balaban J connectivity index is 1.69. The number of likely N-dealkylation sites (tertiary alicyclic amines) is 1. The van der Waals surface area contributed by atoms with Crippen molar-refractivity contribution in [3.8, 4) is 0 Å². The van der Waals surface area contributed by atoms with Crippen LogP contribution in [0.5, 0.6) is 0 Å². The molecule has 3 heterocycles. The van der Waals surface area contributed by atoms with Crippen LogP contribution >= 0.6 is 0 Å². The first-order chi connectivity index (χ1) is 11.4. The standard InChI is InChI=1S/C17H27N3O3S/c1-23-13-16-10-17(5-8-20(9-6-17)24(2,21)22)14-19(16)12-15-4-3-7-18-11-15/h3-4,7,11,16H,5-6,8-10,12-14H2,1-2H3. The molecule has 1 aromatic heterocycles. The fourth-order valence-electron chi connectivity index (χ4n) is 4.18. The van der Waals surface area contributed by atoms with Gasteiger partial charge < -0.3 is 4.74 Å². The maximum absolute atomic E-state index is 11.8. The van der Waals surface area contributed by atoms with Crippen LogP contribution in [0.15, 0.2) is 24.5 Å². The van der Waals surface area contributed by atoms with Crippen molar-refractivity contribution in [2.24, 2.45) is 5.41 Å². The van der Waals surface area contributed by atoms with Gasteiger partial charge in [-0.25, -0.2) is 12.7 Å². The van der Waals surface area contributed by atoms with Gasteiger partial charge in [-0.2, -0.15) is 0 Å². The smallest absolute Gasteiger partial charge is 0.211 e. The van der Waals surface area contributed by atoms with Crippen LogP contribution in [0.2, 0.25) is 0 Å². The monoisotopic (exact) mass is 353 g/mol. The van der Waals surface area contributed by atoms with Gasteiger partial charge in [0, 0.05) is 51.7 Å². The molecule has 0 bridgehead atoms. The Bertz CT molecular complexity index is 642. The van der Waals surface area contributed by atoms with Crippen molar-refractivity contribution < 1.29 is 13.2 Å². The number of sulfonamides is 1. The first-order valence-corrected chi connectivity index (χ1v) is 10.3. The summed E-state index contributed by atoms with van der Waals surface area (Å²) in [7, 11) is -1.32. The molecule has 3 rings (SSSR count). The van der Waals surface area contributed by atoms with E-state index in [2.05, 4.69) is 16.0 Å². The topological polar surface area (TPSA) is 62.7 Å². The number of pyridine rings is 1. The molecular weight excluding hydrogens is 326 g/mol. The third-order valence-electron chi connectivity index (χ3n) is 5.44. The number of nitrogens with zero attached hydrogens (tertiary/aromatic N) is 3. The number of methoxy groups -OCH3 is 1. The van der Waals surface area contributed by atoms with Crippen molar-refractivity contribution in [2.75, 3.05) is 39.6 Å². The number of hydrogen-bond donors (Lipinski definition) is 0. The molecule has 2 fully saturated rings. The Morgan fingerprint density at radius 2 is 2.12 bits per heavy atom. The van der Waals surface area contributed by atoms with Crippen molar-refractivity contribution in [1.29, 1.82) is 0 Å². The summed E-state index contributed by atoms with van der Waals surface area (Å²) in [5.41, 5.74) is 1.43. The van der Waals surface area contributed by atoms with Gasteiger partial charge in [-0.05, 0) is 36.3 Å². The number of rotatable bonds is 5. The molecule has 2 aliphatic heterocycles. The Kier molecular flexibility index (Phi) is 5.24. The van der Waals surface area contributed by atoms with Gasteiger partial charge in [0.2, 0.25) is 10.0 Å². The second-order valence-electron chi connectivity index (χ2n) is 7.24. The Labute approximate surface area is 144 Å². The van der Waals surface area contributed by atoms with Gasteiger partial charge in [0.15, 0.2) is 0 Å². The van der Waals surface area contributed by atoms with E-state index < -0.39 is 10.0 Å². The molecule has 1 unspecified atom stereocenters. The largest absolute Gasteiger partial charge is 0.383 e. The first kappa shape index (κ1) is 17.8. The summed E-state index contributed by atoms with van der Waals surface area (Å²) in [6.45, 7) is 3.88. The molecular formula is C17H27N3O3S. The summed E-state index contributed by atoms with van der Waals surface area (Å²) in [6, 6.07) is 4.46. The molecule has 2 aliphatic rings. The molecule has 6 nitrogen and oxygen atoms in total. The lowest BCUT2D eigenvalue weighted by molar-refractivity contribution is 0.111. The molecule has 0 saturated carbocycles. The lowest BCUT2D eigenvalue weighted by Gasteiger charge is -2.38. The minimum absolute atomic E-state index is 0.215. The summed E-state index contributed by atoms with van der Waals surface area (Å²) >= 11 is 0. The van der Waals surface area contributed by atoms with Gasteiger partial charge >= 0.3 is 0 Å². The normalized spacial score (nSPS) is 25.3. The minimum Gasteiger partial charge on any atom is -0.383 e. The molecule has 0 N–H and O–H groups in total. The van der Waals surface area contributed by atoms with Crippen molar-refractivity contribution in [1.82, 2.24) is 14.2 Å². The number of hydrogen-bond acceptors (Lipinski definition) is 5. The van der Waals surface area contributed by atoms with Gasteiger partial charge in [0.1, 0.15) is 0 Å². The van der Waals surface area contributed by atoms with Crippen LogP contribution in [-0.4, -0.2) is 68.3 Å². The van der Waals surface area contributed by atoms with Crippen molar-refractivity contribution in [3.63, 3.8) is 0 Å². The minimum atomic E-state index is -3.07. The molecule has 0 aromatic carbocycles. The first-order valence-electron chi connectivity index (χ1n) is 8.49. The second-order valence-corrected chi connectivity index (χ2v) is 9.22. The highest BCUT2D eigenvalue weighted by Crippen LogP contribution is 2.44. The lowest BCUT2D eigenvalue weighted by atomic mass is 9.77. The summed E-state index contributed by atoms with van der Waals surface area (Å²) in [5.74, 6) is 0. The maximum atomic E-state index is 11.8. The van der Waals surface area contributed by atoms with E-state index in [9.17, 15) is 8.42 Å². The summed E-state index contributed by atoms with van der Waals surface area (Å²) in [6.07, 6.45) is 7.97. The van der Waals surface area contributed by atoms with Gasteiger partial charge in [-0.1, -0.05) is 6.07 Å². The molecule has 7 heteroatoms. The summed E-state index contributed by atoms with van der Waals surface area (Å²) < 4.78 is 30.6. The third-order valence-corrected chi connectivity index (χ3v) is 6.75. The average Bonchev–Trinajstić information content (AvgIpc) is 2.85. The van der Waals surface area contributed by atoms with Crippen LogP contribution in [0, 0.1) is 5.41 Å². The fourth-order valence-corrected chi connectivity index (χ4v) is 5.02. The van der Waals surface area contributed by atoms with E-state index in [-0.39, 0.29) is 5.41 Å². The molecule has 0 radical (unpaired) electrons. The van der Waals surface area contributed by atoms with E-state index in [0.29, 0.717) is 19.1 Å². The SMILES string of the molecule is COCC1CC2(CCN(S(C)(=O)=O)CC2)CN1Cc1cccnc1. The molecule has 134 valence electrons. The van der Waals surface area contributed by atoms with E-state index >= 15 is 0 Å². The van der Waals surface area contributed by atoms with Crippen LogP contribution in [0.1, 0.15) is 24.8 Å². The second kappa shape index (κ2) is 7.07. The van der Waals surface area contributed by atoms with Crippen LogP contribution < -0.4 is 0 Å². The lowest BCUT2D eigenvalue weighted by Crippen LogP contribution is -2.43. The predicted octanol–water partition coefficient (Wildman–Crippen LogP) is 1.34. The highest BCUT2D eigenvalue weighted by molar-refractivity contribution is 7.88. The van der Waals surface area contributed by atoms with Crippen LogP contribution in [0.3, 0.4) is 0 Å². The fraction of sp³-hybridized carbons (Fsp3) is 0.706. The van der Waals surface area contributed by atoms with E-state index in [1.165, 1.54) is 11.8 Å². The van der Waals surface area contributed by atoms with Crippen LogP contribution in [-0.2, 0) is 21.3 Å². The molecule has 1 atom stereocenters. The Morgan fingerprint density at radius 3 is 2.71 bits per heavy atom. The van der Waals surface area contributed by atoms with E-state index in [1.54, 1.807) is 17.6 Å². The van der Waals surface area contributed by atoms with E-state index in [1.807, 2.05) is 12.3 Å². The highest BCUT2D eigenvalue weighted by Gasteiger charge is 2.46. The maximum Gasteiger partial charge on any atom is 0.211 e. The highest BCUT2D eigenvalue weighted by atomic mass is 32.2. The number of aromatic nitrogens is 1. The Morgan fingerprint density at radius 1 is 1.38 bits per heavy atom. The predicted molar refractivity (Wildman–Crippen MR) is 93.0 cm³/mol. The van der Waals surface area contributed by atoms with Gasteiger partial charge in [0.05, 0.1) is 12.9 Å². The van der Waals surface area contributed by atoms with Gasteiger partial charge in [0.25, 0.3) is 0 Å². The molecule has 0 amide bonds. The van der Waals surface area contributed by atoms with Crippen LogP contribution in [0.4, 0.5) is 0 Å². The molecule has 1 spiro atoms. The van der Waals surface area contributed by atoms with Gasteiger partial charge in [-0.3, -0.25) is 9.88 Å². The Hall–Kier alpha value is -1.02. The summed E-state index contributed by atoms with van der Waals surface area (Å²) in [4.78, 5) is 6.69. The van der Waals surface area contributed by atoms with E-state index in [0.717, 1.165) is 39.0 Å². The van der Waals surface area contributed by atoms with Crippen LogP contribution in [0.25, 0.3) is 0 Å².